The summed E-state index contributed by atoms with van der Waals surface area (Å²) in [5.74, 6) is -0.242. The number of aromatic nitrogens is 4. The summed E-state index contributed by atoms with van der Waals surface area (Å²) >= 11 is 2.77. The molecule has 0 aliphatic rings. The first-order valence-corrected chi connectivity index (χ1v) is 9.69. The molecule has 0 saturated heterocycles. The number of carbonyl (C=O) groups is 1. The minimum atomic E-state index is -0.397. The number of thioether (sulfide) groups is 1. The van der Waals surface area contributed by atoms with Crippen LogP contribution in [0.5, 0.6) is 0 Å². The van der Waals surface area contributed by atoms with Crippen molar-refractivity contribution in [3.8, 4) is 5.69 Å². The van der Waals surface area contributed by atoms with Crippen molar-refractivity contribution in [2.24, 2.45) is 7.05 Å². The lowest BCUT2D eigenvalue weighted by molar-refractivity contribution is -0.115. The van der Waals surface area contributed by atoms with E-state index >= 15 is 0 Å². The number of nitrogens with one attached hydrogen (secondary N) is 1. The second kappa shape index (κ2) is 7.46. The molecule has 0 unspecified atom stereocenters. The van der Waals surface area contributed by atoms with Crippen molar-refractivity contribution in [2.45, 2.75) is 30.4 Å². The normalized spacial score (nSPS) is 12.2. The molecule has 26 heavy (non-hydrogen) atoms. The van der Waals surface area contributed by atoms with Crippen LogP contribution >= 0.6 is 23.1 Å². The third-order valence-corrected chi connectivity index (χ3v) is 5.98. The minimum absolute atomic E-state index is 0.242. The van der Waals surface area contributed by atoms with Gasteiger partial charge in [-0.15, -0.1) is 10.2 Å². The highest BCUT2D eigenvalue weighted by molar-refractivity contribution is 8.02. The van der Waals surface area contributed by atoms with Crippen LogP contribution in [0.1, 0.15) is 17.6 Å². The zero-order valence-electron chi connectivity index (χ0n) is 14.9. The lowest BCUT2D eigenvalue weighted by Gasteiger charge is -2.09. The van der Waals surface area contributed by atoms with Crippen LogP contribution in [0.2, 0.25) is 0 Å². The van der Waals surface area contributed by atoms with Crippen LogP contribution in [-0.4, -0.2) is 30.7 Å². The molecule has 3 rings (SSSR count). The summed E-state index contributed by atoms with van der Waals surface area (Å²) in [7, 11) is 1.79. The molecule has 0 aliphatic carbocycles. The Kier molecular flexibility index (Phi) is 5.28. The van der Waals surface area contributed by atoms with Crippen molar-refractivity contribution in [3.63, 3.8) is 0 Å². The standard InChI is InChI=1S/C17H19N5O2S2/c1-10-14(16(24)22(21(10)4)13-8-6-5-7-9-13)18-15(23)11(2)25-17-20-19-12(3)26-17/h5-9,11H,1-4H3,(H,18,23)/t11-/m0/s1. The van der Waals surface area contributed by atoms with E-state index in [0.29, 0.717) is 11.4 Å². The van der Waals surface area contributed by atoms with Gasteiger partial charge in [0, 0.05) is 7.05 Å². The lowest BCUT2D eigenvalue weighted by atomic mass is 10.3. The molecule has 2 aromatic heterocycles. The van der Waals surface area contributed by atoms with Crippen molar-refractivity contribution in [2.75, 3.05) is 5.32 Å². The van der Waals surface area contributed by atoms with Gasteiger partial charge in [0.05, 0.1) is 16.6 Å². The maximum atomic E-state index is 12.8. The van der Waals surface area contributed by atoms with Crippen molar-refractivity contribution in [3.05, 3.63) is 51.4 Å². The van der Waals surface area contributed by atoms with Crippen LogP contribution in [0.25, 0.3) is 5.69 Å². The Balaban J connectivity index is 1.84. The van der Waals surface area contributed by atoms with Crippen LogP contribution in [0, 0.1) is 13.8 Å². The monoisotopic (exact) mass is 389 g/mol. The molecule has 2 heterocycles. The zero-order valence-corrected chi connectivity index (χ0v) is 16.5. The van der Waals surface area contributed by atoms with E-state index in [-0.39, 0.29) is 11.5 Å². The Hall–Kier alpha value is -2.39. The Labute approximate surface area is 159 Å². The molecule has 1 atom stereocenters. The van der Waals surface area contributed by atoms with Crippen LogP contribution in [-0.2, 0) is 11.8 Å². The highest BCUT2D eigenvalue weighted by Crippen LogP contribution is 2.27. The summed E-state index contributed by atoms with van der Waals surface area (Å²) in [6.45, 7) is 5.46. The number of hydrogen-bond acceptors (Lipinski definition) is 6. The molecule has 136 valence electrons. The van der Waals surface area contributed by atoms with Gasteiger partial charge in [-0.1, -0.05) is 41.3 Å². The topological polar surface area (TPSA) is 81.8 Å². The van der Waals surface area contributed by atoms with Gasteiger partial charge in [0.2, 0.25) is 5.91 Å². The lowest BCUT2D eigenvalue weighted by Crippen LogP contribution is -2.27. The molecule has 1 aromatic carbocycles. The van der Waals surface area contributed by atoms with Gasteiger partial charge in [-0.3, -0.25) is 14.3 Å². The van der Waals surface area contributed by atoms with Crippen molar-refractivity contribution in [1.29, 1.82) is 0 Å². The molecular weight excluding hydrogens is 370 g/mol. The van der Waals surface area contributed by atoms with Crippen LogP contribution < -0.4 is 10.9 Å². The summed E-state index contributed by atoms with van der Waals surface area (Å²) in [5.41, 5.74) is 1.47. The second-order valence-electron chi connectivity index (χ2n) is 5.77. The smallest absolute Gasteiger partial charge is 0.295 e. The van der Waals surface area contributed by atoms with E-state index in [9.17, 15) is 9.59 Å². The molecular formula is C17H19N5O2S2. The van der Waals surface area contributed by atoms with E-state index in [2.05, 4.69) is 15.5 Å². The second-order valence-corrected chi connectivity index (χ2v) is 8.54. The van der Waals surface area contributed by atoms with Gasteiger partial charge in [-0.25, -0.2) is 4.68 Å². The fourth-order valence-corrected chi connectivity index (χ4v) is 4.43. The minimum Gasteiger partial charge on any atom is -0.319 e. The largest absolute Gasteiger partial charge is 0.319 e. The van der Waals surface area contributed by atoms with Gasteiger partial charge >= 0.3 is 0 Å². The molecule has 0 aliphatic heterocycles. The highest BCUT2D eigenvalue weighted by Gasteiger charge is 2.22. The summed E-state index contributed by atoms with van der Waals surface area (Å²) in [4.78, 5) is 25.4. The van der Waals surface area contributed by atoms with E-state index in [4.69, 9.17) is 0 Å². The van der Waals surface area contributed by atoms with E-state index in [1.165, 1.54) is 27.8 Å². The summed E-state index contributed by atoms with van der Waals surface area (Å²) in [6, 6.07) is 9.32. The van der Waals surface area contributed by atoms with Crippen molar-refractivity contribution >= 4 is 34.7 Å². The third kappa shape index (κ3) is 3.58. The Morgan fingerprint density at radius 3 is 2.54 bits per heavy atom. The van der Waals surface area contributed by atoms with Crippen molar-refractivity contribution < 1.29 is 4.79 Å². The number of nitrogens with zero attached hydrogens (tertiary/aromatic N) is 4. The zero-order chi connectivity index (χ0) is 18.8. The number of para-hydroxylation sites is 1. The SMILES string of the molecule is Cc1nnc(S[C@@H](C)C(=O)Nc2c(C)n(C)n(-c3ccccc3)c2=O)s1. The first kappa shape index (κ1) is 18.4. The Bertz CT molecular complexity index is 990. The highest BCUT2D eigenvalue weighted by atomic mass is 32.2. The van der Waals surface area contributed by atoms with Gasteiger partial charge in [-0.05, 0) is 32.9 Å². The van der Waals surface area contributed by atoms with Crippen LogP contribution in [0.15, 0.2) is 39.5 Å². The van der Waals surface area contributed by atoms with Gasteiger partial charge in [0.15, 0.2) is 4.34 Å². The third-order valence-electron chi connectivity index (χ3n) is 3.96. The Morgan fingerprint density at radius 2 is 1.92 bits per heavy atom. The number of rotatable bonds is 5. The van der Waals surface area contributed by atoms with Crippen molar-refractivity contribution in [1.82, 2.24) is 19.6 Å². The molecule has 0 bridgehead atoms. The summed E-state index contributed by atoms with van der Waals surface area (Å²) in [6.07, 6.45) is 0. The van der Waals surface area contributed by atoms with E-state index < -0.39 is 5.25 Å². The van der Waals surface area contributed by atoms with Gasteiger partial charge < -0.3 is 5.32 Å². The number of hydrogen-bond donors (Lipinski definition) is 1. The van der Waals surface area contributed by atoms with E-state index in [1.54, 1.807) is 18.7 Å². The predicted molar refractivity (Wildman–Crippen MR) is 104 cm³/mol. The molecule has 0 fully saturated rings. The molecule has 0 spiro atoms. The fourth-order valence-electron chi connectivity index (χ4n) is 2.47. The average molecular weight is 390 g/mol. The number of aryl methyl sites for hydroxylation is 1. The molecule has 9 heteroatoms. The predicted octanol–water partition coefficient (Wildman–Crippen LogP) is 2.76. The fraction of sp³-hybridized carbons (Fsp3) is 0.294. The molecule has 1 amide bonds. The number of benzene rings is 1. The van der Waals surface area contributed by atoms with Crippen LogP contribution in [0.4, 0.5) is 5.69 Å². The first-order valence-electron chi connectivity index (χ1n) is 8.00. The summed E-state index contributed by atoms with van der Waals surface area (Å²) in [5, 5.41) is 11.2. The first-order chi connectivity index (χ1) is 12.4. The molecule has 0 radical (unpaired) electrons. The Morgan fingerprint density at radius 1 is 1.23 bits per heavy atom. The molecule has 1 N–H and O–H groups in total. The molecule has 3 aromatic rings. The number of carbonyl (C=O) groups excluding carboxylic acids is 1. The number of anilines is 1. The molecule has 0 saturated carbocycles. The van der Waals surface area contributed by atoms with Gasteiger partial charge in [-0.2, -0.15) is 0 Å². The molecule has 7 nitrogen and oxygen atoms in total. The maximum Gasteiger partial charge on any atom is 0.295 e. The van der Waals surface area contributed by atoms with E-state index in [1.807, 2.05) is 44.2 Å². The van der Waals surface area contributed by atoms with E-state index in [0.717, 1.165) is 15.0 Å². The van der Waals surface area contributed by atoms with Gasteiger partial charge in [0.25, 0.3) is 5.56 Å². The number of amides is 1. The average Bonchev–Trinajstić information content (AvgIpc) is 3.12. The van der Waals surface area contributed by atoms with Gasteiger partial charge in [0.1, 0.15) is 10.7 Å². The quantitative estimate of drug-likeness (QED) is 0.679. The maximum absolute atomic E-state index is 12.8. The van der Waals surface area contributed by atoms with Crippen LogP contribution in [0.3, 0.4) is 0 Å². The summed E-state index contributed by atoms with van der Waals surface area (Å²) < 4.78 is 4.01.